The summed E-state index contributed by atoms with van der Waals surface area (Å²) in [6.45, 7) is 2.87. The molecule has 1 aromatic carbocycles. The highest BCUT2D eigenvalue weighted by Gasteiger charge is 2.15. The Morgan fingerprint density at radius 1 is 1.40 bits per heavy atom. The molecule has 0 fully saturated rings. The maximum Gasteiger partial charge on any atom is 0.175 e. The summed E-state index contributed by atoms with van der Waals surface area (Å²) in [5, 5.41) is 3.40. The number of sulfone groups is 1. The minimum absolute atomic E-state index is 0.0992. The van der Waals surface area contributed by atoms with E-state index in [-0.39, 0.29) is 6.04 Å². The zero-order valence-corrected chi connectivity index (χ0v) is 13.2. The van der Waals surface area contributed by atoms with E-state index in [1.165, 1.54) is 11.1 Å². The van der Waals surface area contributed by atoms with E-state index < -0.39 is 9.84 Å². The van der Waals surface area contributed by atoms with Gasteiger partial charge in [0, 0.05) is 29.8 Å². The Hall–Kier alpha value is -1.24. The van der Waals surface area contributed by atoms with Crippen LogP contribution in [0.5, 0.6) is 0 Å². The average Bonchev–Trinajstić information content (AvgIpc) is 2.90. The van der Waals surface area contributed by atoms with Crippen LogP contribution in [0.3, 0.4) is 0 Å². The summed E-state index contributed by atoms with van der Waals surface area (Å²) in [4.78, 5) is 5.63. The van der Waals surface area contributed by atoms with Crippen LogP contribution in [0.25, 0.3) is 0 Å². The van der Waals surface area contributed by atoms with Crippen LogP contribution in [0.2, 0.25) is 0 Å². The second-order valence-corrected chi connectivity index (χ2v) is 7.61. The number of rotatable bonds is 6. The lowest BCUT2D eigenvalue weighted by Crippen LogP contribution is -2.22. The van der Waals surface area contributed by atoms with Gasteiger partial charge >= 0.3 is 0 Å². The molecule has 4 nitrogen and oxygen atoms in total. The van der Waals surface area contributed by atoms with Gasteiger partial charge in [-0.3, -0.25) is 4.98 Å². The second kappa shape index (κ2) is 6.47. The van der Waals surface area contributed by atoms with E-state index in [2.05, 4.69) is 10.3 Å². The summed E-state index contributed by atoms with van der Waals surface area (Å²) in [5.41, 5.74) is 2.80. The highest BCUT2D eigenvalue weighted by atomic mass is 32.2. The Bertz CT molecular complexity index is 652. The van der Waals surface area contributed by atoms with Crippen LogP contribution < -0.4 is 5.32 Å². The summed E-state index contributed by atoms with van der Waals surface area (Å²) in [5.74, 6) is 0. The van der Waals surface area contributed by atoms with Gasteiger partial charge in [-0.15, -0.1) is 11.3 Å². The first kappa shape index (κ1) is 15.2. The smallest absolute Gasteiger partial charge is 0.175 e. The van der Waals surface area contributed by atoms with Crippen LogP contribution in [0.15, 0.2) is 40.9 Å². The maximum absolute atomic E-state index is 11.7. The maximum atomic E-state index is 11.7. The van der Waals surface area contributed by atoms with Crippen molar-refractivity contribution in [1.82, 2.24) is 10.3 Å². The van der Waals surface area contributed by atoms with Crippen molar-refractivity contribution in [1.29, 1.82) is 0 Å². The lowest BCUT2D eigenvalue weighted by molar-refractivity contribution is 0.551. The molecule has 20 heavy (non-hydrogen) atoms. The number of aromatic nitrogens is 1. The van der Waals surface area contributed by atoms with Crippen molar-refractivity contribution in [2.45, 2.75) is 24.3 Å². The molecular formula is C14H18N2O2S2. The van der Waals surface area contributed by atoms with E-state index >= 15 is 0 Å². The molecule has 1 aromatic heterocycles. The van der Waals surface area contributed by atoms with E-state index in [1.807, 2.05) is 24.7 Å². The molecule has 0 amide bonds. The van der Waals surface area contributed by atoms with E-state index in [1.54, 1.807) is 29.5 Å². The normalized spacial score (nSPS) is 13.3. The van der Waals surface area contributed by atoms with Crippen LogP contribution in [0, 0.1) is 0 Å². The largest absolute Gasteiger partial charge is 0.310 e. The standard InChI is InChI=1S/C14H18N2O2S2/c1-3-16-14(8-12-9-15-10-19-12)11-5-4-6-13(7-11)20(2,17)18/h4-7,9-10,14,16H,3,8H2,1-2H3. The molecule has 6 heteroatoms. The third-order valence-corrected chi connectivity index (χ3v) is 4.94. The predicted octanol–water partition coefficient (Wildman–Crippen LogP) is 2.44. The molecule has 0 spiro atoms. The molecule has 0 aliphatic rings. The Morgan fingerprint density at radius 2 is 2.20 bits per heavy atom. The summed E-state index contributed by atoms with van der Waals surface area (Å²) in [6.07, 6.45) is 3.90. The number of nitrogens with one attached hydrogen (secondary N) is 1. The fourth-order valence-electron chi connectivity index (χ4n) is 2.06. The summed E-state index contributed by atoms with van der Waals surface area (Å²) in [6, 6.07) is 7.24. The van der Waals surface area contributed by atoms with Crippen molar-refractivity contribution < 1.29 is 8.42 Å². The summed E-state index contributed by atoms with van der Waals surface area (Å²) < 4.78 is 23.3. The molecule has 0 aliphatic heterocycles. The third kappa shape index (κ3) is 3.88. The van der Waals surface area contributed by atoms with Gasteiger partial charge < -0.3 is 5.32 Å². The van der Waals surface area contributed by atoms with E-state index in [0.717, 1.165) is 18.5 Å². The fourth-order valence-corrected chi connectivity index (χ4v) is 3.38. The fraction of sp³-hybridized carbons (Fsp3) is 0.357. The zero-order valence-electron chi connectivity index (χ0n) is 11.5. The first-order chi connectivity index (χ1) is 9.50. The summed E-state index contributed by atoms with van der Waals surface area (Å²) in [7, 11) is -3.17. The minimum atomic E-state index is -3.17. The lowest BCUT2D eigenvalue weighted by atomic mass is 10.0. The molecule has 108 valence electrons. The average molecular weight is 310 g/mol. The van der Waals surface area contributed by atoms with Gasteiger partial charge in [0.2, 0.25) is 0 Å². The van der Waals surface area contributed by atoms with Gasteiger partial charge in [0.15, 0.2) is 9.84 Å². The Balaban J connectivity index is 2.29. The highest BCUT2D eigenvalue weighted by molar-refractivity contribution is 7.90. The number of hydrogen-bond acceptors (Lipinski definition) is 5. The first-order valence-electron chi connectivity index (χ1n) is 6.41. The topological polar surface area (TPSA) is 59.1 Å². The van der Waals surface area contributed by atoms with E-state index in [9.17, 15) is 8.42 Å². The van der Waals surface area contributed by atoms with E-state index in [4.69, 9.17) is 0 Å². The number of likely N-dealkylation sites (N-methyl/N-ethyl adjacent to an activating group) is 1. The van der Waals surface area contributed by atoms with Gasteiger partial charge in [0.25, 0.3) is 0 Å². The van der Waals surface area contributed by atoms with Crippen molar-refractivity contribution in [3.63, 3.8) is 0 Å². The predicted molar refractivity (Wildman–Crippen MR) is 81.8 cm³/mol. The van der Waals surface area contributed by atoms with Crippen molar-refractivity contribution in [2.75, 3.05) is 12.8 Å². The Labute approximate surface area is 123 Å². The molecule has 1 atom stereocenters. The van der Waals surface area contributed by atoms with Gasteiger partial charge in [-0.2, -0.15) is 0 Å². The Morgan fingerprint density at radius 3 is 2.80 bits per heavy atom. The van der Waals surface area contributed by atoms with Crippen molar-refractivity contribution in [2.24, 2.45) is 0 Å². The summed E-state index contributed by atoms with van der Waals surface area (Å²) >= 11 is 1.61. The van der Waals surface area contributed by atoms with Gasteiger partial charge in [-0.1, -0.05) is 19.1 Å². The molecule has 0 saturated carbocycles. The first-order valence-corrected chi connectivity index (χ1v) is 9.18. The molecule has 0 saturated heterocycles. The molecule has 0 radical (unpaired) electrons. The molecule has 1 N–H and O–H groups in total. The number of nitrogens with zero attached hydrogens (tertiary/aromatic N) is 1. The van der Waals surface area contributed by atoms with Gasteiger partial charge in [-0.25, -0.2) is 8.42 Å². The van der Waals surface area contributed by atoms with Gasteiger partial charge in [-0.05, 0) is 24.2 Å². The molecular weight excluding hydrogens is 292 g/mol. The Kier molecular flexibility index (Phi) is 4.91. The van der Waals surface area contributed by atoms with E-state index in [0.29, 0.717) is 4.90 Å². The molecule has 2 aromatic rings. The molecule has 0 aliphatic carbocycles. The minimum Gasteiger partial charge on any atom is -0.310 e. The van der Waals surface area contributed by atoms with Crippen LogP contribution >= 0.6 is 11.3 Å². The zero-order chi connectivity index (χ0) is 14.6. The molecule has 1 unspecified atom stereocenters. The van der Waals surface area contributed by atoms with Crippen LogP contribution in [0.1, 0.15) is 23.4 Å². The van der Waals surface area contributed by atoms with Gasteiger partial charge in [0.05, 0.1) is 10.4 Å². The highest BCUT2D eigenvalue weighted by Crippen LogP contribution is 2.22. The van der Waals surface area contributed by atoms with Crippen molar-refractivity contribution in [3.8, 4) is 0 Å². The van der Waals surface area contributed by atoms with Crippen LogP contribution in [-0.4, -0.2) is 26.2 Å². The quantitative estimate of drug-likeness (QED) is 0.890. The van der Waals surface area contributed by atoms with Crippen molar-refractivity contribution in [3.05, 3.63) is 46.4 Å². The van der Waals surface area contributed by atoms with Crippen LogP contribution in [0.4, 0.5) is 0 Å². The van der Waals surface area contributed by atoms with Crippen LogP contribution in [-0.2, 0) is 16.3 Å². The number of benzene rings is 1. The van der Waals surface area contributed by atoms with Gasteiger partial charge in [0.1, 0.15) is 0 Å². The third-order valence-electron chi connectivity index (χ3n) is 3.03. The molecule has 0 bridgehead atoms. The number of thiazole rings is 1. The molecule has 2 rings (SSSR count). The number of hydrogen-bond donors (Lipinski definition) is 1. The molecule has 1 heterocycles. The lowest BCUT2D eigenvalue weighted by Gasteiger charge is -2.18. The van der Waals surface area contributed by atoms with Crippen molar-refractivity contribution >= 4 is 21.2 Å². The monoisotopic (exact) mass is 310 g/mol. The second-order valence-electron chi connectivity index (χ2n) is 4.63. The SMILES string of the molecule is CCNC(Cc1cncs1)c1cccc(S(C)(=O)=O)c1.